The third kappa shape index (κ3) is 7.57. The summed E-state index contributed by atoms with van der Waals surface area (Å²) in [6, 6.07) is 8.51. The van der Waals surface area contributed by atoms with Gasteiger partial charge in [-0.2, -0.15) is 0 Å². The maximum Gasteiger partial charge on any atom is 0.410 e. The number of ketones is 1. The number of rotatable bonds is 11. The standard InChI is InChI=1S/C34H44N4O6/c1-5-24(39)9-7-6-8-10-27(31-35-21-28(43-31)23-11-13-26-22(19-23)12-14-29(40)36-26)37-30(41)25-20-34(25)15-17-38(18-16-34)32(42)44-33(2,3)4/h11-14,19,21,25,27H,5-10,15-18,20H2,1-4H3,(H,36,40)(H,37,41)/t25-,27+/m1/s1. The molecule has 1 saturated carbocycles. The molecule has 0 bridgehead atoms. The molecule has 10 nitrogen and oxygen atoms in total. The number of benzene rings is 1. The van der Waals surface area contributed by atoms with Gasteiger partial charge < -0.3 is 24.4 Å². The first kappa shape index (κ1) is 31.5. The maximum absolute atomic E-state index is 13.6. The number of Topliss-reactive ketones (excluding diaryl/α,β-unsaturated/α-hetero) is 1. The number of fused-ring (bicyclic) bond motifs is 1. The summed E-state index contributed by atoms with van der Waals surface area (Å²) >= 11 is 0. The average Bonchev–Trinajstić information content (AvgIpc) is 3.45. The van der Waals surface area contributed by atoms with Crippen molar-refractivity contribution in [3.63, 3.8) is 0 Å². The lowest BCUT2D eigenvalue weighted by Crippen LogP contribution is -2.43. The molecule has 3 aromatic rings. The lowest BCUT2D eigenvalue weighted by molar-refractivity contribution is -0.124. The number of unbranched alkanes of at least 4 members (excludes halogenated alkanes) is 2. The molecule has 2 aliphatic rings. The van der Waals surface area contributed by atoms with Gasteiger partial charge in [0, 0.05) is 49.0 Å². The molecule has 1 spiro atoms. The zero-order valence-corrected chi connectivity index (χ0v) is 26.2. The summed E-state index contributed by atoms with van der Waals surface area (Å²) in [6.45, 7) is 8.64. The Morgan fingerprint density at radius 2 is 1.91 bits per heavy atom. The van der Waals surface area contributed by atoms with Crippen LogP contribution in [0.4, 0.5) is 4.79 Å². The van der Waals surface area contributed by atoms with Crippen LogP contribution in [-0.4, -0.2) is 51.3 Å². The Bertz CT molecular complexity index is 1560. The molecule has 10 heteroatoms. The predicted molar refractivity (Wildman–Crippen MR) is 167 cm³/mol. The van der Waals surface area contributed by atoms with Crippen LogP contribution in [0.2, 0.25) is 0 Å². The second-order valence-corrected chi connectivity index (χ2v) is 13.3. The summed E-state index contributed by atoms with van der Waals surface area (Å²) in [6.07, 6.45) is 8.04. The van der Waals surface area contributed by atoms with Crippen LogP contribution in [0, 0.1) is 11.3 Å². The van der Waals surface area contributed by atoms with Gasteiger partial charge in [-0.1, -0.05) is 19.8 Å². The molecular formula is C34H44N4O6. The molecule has 2 atom stereocenters. The minimum Gasteiger partial charge on any atom is -0.444 e. The molecule has 1 aromatic carbocycles. The third-order valence-corrected chi connectivity index (χ3v) is 8.91. The first-order valence-corrected chi connectivity index (χ1v) is 15.9. The van der Waals surface area contributed by atoms with Gasteiger partial charge in [0.2, 0.25) is 17.4 Å². The van der Waals surface area contributed by atoms with E-state index in [1.54, 1.807) is 17.2 Å². The van der Waals surface area contributed by atoms with E-state index in [0.717, 1.165) is 55.0 Å². The number of aromatic nitrogens is 2. The number of aromatic amines is 1. The predicted octanol–water partition coefficient (Wildman–Crippen LogP) is 6.31. The Balaban J connectivity index is 1.24. The van der Waals surface area contributed by atoms with Crippen LogP contribution in [0.3, 0.4) is 0 Å². The highest BCUT2D eigenvalue weighted by Crippen LogP contribution is 2.59. The second kappa shape index (κ2) is 13.0. The van der Waals surface area contributed by atoms with Gasteiger partial charge in [-0.15, -0.1) is 0 Å². The van der Waals surface area contributed by atoms with Crippen LogP contribution in [0.1, 0.15) is 97.4 Å². The fourth-order valence-electron chi connectivity index (χ4n) is 6.18. The summed E-state index contributed by atoms with van der Waals surface area (Å²) in [4.78, 5) is 58.6. The van der Waals surface area contributed by atoms with E-state index in [-0.39, 0.29) is 34.7 Å². The summed E-state index contributed by atoms with van der Waals surface area (Å²) in [5.74, 6) is 1.19. The summed E-state index contributed by atoms with van der Waals surface area (Å²) in [5, 5.41) is 4.11. The number of pyridine rings is 1. The fourth-order valence-corrected chi connectivity index (χ4v) is 6.18. The lowest BCUT2D eigenvalue weighted by atomic mass is 9.90. The highest BCUT2D eigenvalue weighted by Gasteiger charge is 2.59. The number of piperidine rings is 1. The highest BCUT2D eigenvalue weighted by molar-refractivity contribution is 5.84. The van der Waals surface area contributed by atoms with Gasteiger partial charge in [0.1, 0.15) is 17.4 Å². The van der Waals surface area contributed by atoms with Crippen molar-refractivity contribution in [1.82, 2.24) is 20.2 Å². The fraction of sp³-hybridized carbons (Fsp3) is 0.559. The Morgan fingerprint density at radius 3 is 2.64 bits per heavy atom. The van der Waals surface area contributed by atoms with Crippen LogP contribution in [0.15, 0.2) is 45.7 Å². The van der Waals surface area contributed by atoms with Gasteiger partial charge in [0.15, 0.2) is 5.76 Å². The van der Waals surface area contributed by atoms with E-state index in [1.165, 1.54) is 6.07 Å². The van der Waals surface area contributed by atoms with Gasteiger partial charge in [-0.25, -0.2) is 9.78 Å². The number of H-pyrrole nitrogens is 1. The number of amides is 2. The average molecular weight is 605 g/mol. The topological polar surface area (TPSA) is 135 Å². The smallest absolute Gasteiger partial charge is 0.410 e. The van der Waals surface area contributed by atoms with Crippen molar-refractivity contribution in [1.29, 1.82) is 0 Å². The molecule has 2 aromatic heterocycles. The summed E-state index contributed by atoms with van der Waals surface area (Å²) in [5.41, 5.74) is 0.785. The molecular weight excluding hydrogens is 560 g/mol. The largest absolute Gasteiger partial charge is 0.444 e. The molecule has 0 radical (unpaired) electrons. The van der Waals surface area contributed by atoms with Gasteiger partial charge in [0.25, 0.3) is 0 Å². The number of carbonyl (C=O) groups is 3. The minimum absolute atomic E-state index is 0.00344. The molecule has 1 saturated heterocycles. The Labute approximate surface area is 257 Å². The minimum atomic E-state index is -0.539. The van der Waals surface area contributed by atoms with Crippen molar-refractivity contribution in [3.8, 4) is 11.3 Å². The van der Waals surface area contributed by atoms with E-state index in [4.69, 9.17) is 9.15 Å². The van der Waals surface area contributed by atoms with E-state index in [2.05, 4.69) is 15.3 Å². The normalized spacial score (nSPS) is 18.3. The number of hydrogen-bond donors (Lipinski definition) is 2. The SMILES string of the molecule is CCC(=O)CCCCC[C@H](NC(=O)[C@H]1CC12CCN(C(=O)OC(C)(C)C)CC2)c1ncc(-c2ccc3[nH]c(=O)ccc3c2)o1. The van der Waals surface area contributed by atoms with E-state index < -0.39 is 11.6 Å². The summed E-state index contributed by atoms with van der Waals surface area (Å²) < 4.78 is 11.8. The number of carbonyl (C=O) groups excluding carboxylic acids is 3. The molecule has 2 amide bonds. The van der Waals surface area contributed by atoms with Crippen LogP contribution in [-0.2, 0) is 14.3 Å². The second-order valence-electron chi connectivity index (χ2n) is 13.3. The zero-order chi connectivity index (χ0) is 31.5. The van der Waals surface area contributed by atoms with E-state index >= 15 is 0 Å². The van der Waals surface area contributed by atoms with E-state index in [0.29, 0.717) is 44.0 Å². The number of nitrogens with one attached hydrogen (secondary N) is 2. The molecule has 0 unspecified atom stereocenters. The number of likely N-dealkylation sites (tertiary alicyclic amines) is 1. The van der Waals surface area contributed by atoms with Crippen molar-refractivity contribution in [2.45, 2.75) is 97.1 Å². The lowest BCUT2D eigenvalue weighted by Gasteiger charge is -2.34. The van der Waals surface area contributed by atoms with Crippen molar-refractivity contribution < 1.29 is 23.5 Å². The molecule has 5 rings (SSSR count). The molecule has 236 valence electrons. The Hall–Kier alpha value is -3.95. The van der Waals surface area contributed by atoms with Crippen LogP contribution in [0.25, 0.3) is 22.2 Å². The van der Waals surface area contributed by atoms with E-state index in [9.17, 15) is 19.2 Å². The molecule has 44 heavy (non-hydrogen) atoms. The van der Waals surface area contributed by atoms with Gasteiger partial charge >= 0.3 is 6.09 Å². The molecule has 1 aliphatic heterocycles. The Kier molecular flexibility index (Phi) is 9.27. The zero-order valence-electron chi connectivity index (χ0n) is 26.2. The van der Waals surface area contributed by atoms with Crippen molar-refractivity contribution in [2.24, 2.45) is 11.3 Å². The third-order valence-electron chi connectivity index (χ3n) is 8.91. The van der Waals surface area contributed by atoms with Crippen molar-refractivity contribution in [3.05, 3.63) is 52.8 Å². The number of oxazole rings is 1. The number of hydrogen-bond acceptors (Lipinski definition) is 7. The first-order chi connectivity index (χ1) is 21.0. The van der Waals surface area contributed by atoms with E-state index in [1.807, 2.05) is 45.9 Å². The molecule has 2 N–H and O–H groups in total. The Morgan fingerprint density at radius 1 is 1.14 bits per heavy atom. The van der Waals surface area contributed by atoms with Crippen molar-refractivity contribution >= 4 is 28.7 Å². The number of nitrogens with zero attached hydrogens (tertiary/aromatic N) is 2. The van der Waals surface area contributed by atoms with Crippen molar-refractivity contribution in [2.75, 3.05) is 13.1 Å². The monoisotopic (exact) mass is 604 g/mol. The van der Waals surface area contributed by atoms with Gasteiger partial charge in [0.05, 0.1) is 6.20 Å². The quantitative estimate of drug-likeness (QED) is 0.245. The van der Waals surface area contributed by atoms with Crippen LogP contribution >= 0.6 is 0 Å². The molecule has 1 aliphatic carbocycles. The molecule has 3 heterocycles. The van der Waals surface area contributed by atoms with Gasteiger partial charge in [-0.05, 0) is 87.9 Å². The maximum atomic E-state index is 13.6. The molecule has 2 fully saturated rings. The highest BCUT2D eigenvalue weighted by atomic mass is 16.6. The van der Waals surface area contributed by atoms with Crippen LogP contribution in [0.5, 0.6) is 0 Å². The van der Waals surface area contributed by atoms with Crippen LogP contribution < -0.4 is 10.9 Å². The summed E-state index contributed by atoms with van der Waals surface area (Å²) in [7, 11) is 0. The number of ether oxygens (including phenoxy) is 1. The van der Waals surface area contributed by atoms with Gasteiger partial charge in [-0.3, -0.25) is 14.4 Å². The first-order valence-electron chi connectivity index (χ1n) is 15.9.